The first-order valence-corrected chi connectivity index (χ1v) is 6.23. The molecule has 0 saturated carbocycles. The van der Waals surface area contributed by atoms with E-state index in [2.05, 4.69) is 5.32 Å². The number of nitro benzene ring substituents is 1. The molecule has 98 valence electrons. The Bertz CT molecular complexity index is 719. The van der Waals surface area contributed by atoms with E-state index in [0.717, 1.165) is 22.5 Å². The molecule has 0 aliphatic carbocycles. The van der Waals surface area contributed by atoms with Crippen molar-refractivity contribution in [3.63, 3.8) is 0 Å². The van der Waals surface area contributed by atoms with E-state index >= 15 is 0 Å². The monoisotopic (exact) mass is 264 g/mol. The summed E-state index contributed by atoms with van der Waals surface area (Å²) in [6.45, 7) is 0. The third-order valence-electron chi connectivity index (χ3n) is 3.09. The molecule has 0 unspecified atom stereocenters. The minimum absolute atomic E-state index is 0.102. The van der Waals surface area contributed by atoms with E-state index < -0.39 is 0 Å². The number of hydrogen-bond donors (Lipinski definition) is 1. The first-order valence-electron chi connectivity index (χ1n) is 6.23. The molecule has 1 N–H and O–H groups in total. The number of non-ortho nitro benzene ring substituents is 1. The van der Waals surface area contributed by atoms with E-state index in [1.807, 2.05) is 48.6 Å². The molecule has 4 nitrogen and oxygen atoms in total. The molecule has 0 amide bonds. The van der Waals surface area contributed by atoms with E-state index in [-0.39, 0.29) is 10.6 Å². The quantitative estimate of drug-likeness (QED) is 0.657. The molecular weight excluding hydrogens is 252 g/mol. The molecule has 2 aromatic carbocycles. The summed E-state index contributed by atoms with van der Waals surface area (Å²) in [6.07, 6.45) is 5.83. The van der Waals surface area contributed by atoms with Gasteiger partial charge < -0.3 is 5.32 Å². The van der Waals surface area contributed by atoms with Gasteiger partial charge in [-0.15, -0.1) is 0 Å². The van der Waals surface area contributed by atoms with Crippen molar-refractivity contribution in [2.24, 2.45) is 0 Å². The van der Waals surface area contributed by atoms with Crippen LogP contribution in [0.4, 0.5) is 11.4 Å². The predicted octanol–water partition coefficient (Wildman–Crippen LogP) is 4.07. The topological polar surface area (TPSA) is 55.2 Å². The average molecular weight is 264 g/mol. The van der Waals surface area contributed by atoms with Gasteiger partial charge in [0.05, 0.1) is 4.92 Å². The number of anilines is 1. The largest absolute Gasteiger partial charge is 0.355 e. The molecule has 0 radical (unpaired) electrons. The first-order chi connectivity index (χ1) is 9.72. The van der Waals surface area contributed by atoms with E-state index in [9.17, 15) is 10.1 Å². The Morgan fingerprint density at radius 1 is 1.05 bits per heavy atom. The zero-order chi connectivity index (χ0) is 13.9. The van der Waals surface area contributed by atoms with Crippen molar-refractivity contribution < 1.29 is 4.92 Å². The fourth-order valence-electron chi connectivity index (χ4n) is 2.11. The van der Waals surface area contributed by atoms with Gasteiger partial charge in [0.1, 0.15) is 0 Å². The van der Waals surface area contributed by atoms with Crippen molar-refractivity contribution >= 4 is 23.5 Å². The lowest BCUT2D eigenvalue weighted by Gasteiger charge is -2.15. The maximum atomic E-state index is 10.7. The number of benzene rings is 2. The standard InChI is InChI=1S/C16H12N2O2/c19-18(20)15-8-9-16-13(11-15)6-7-14(17-16)10-12-4-2-1-3-5-12/h1-11,17H/b14-10+. The van der Waals surface area contributed by atoms with Crippen LogP contribution in [0.3, 0.4) is 0 Å². The molecule has 20 heavy (non-hydrogen) atoms. The minimum atomic E-state index is -0.385. The second-order valence-electron chi connectivity index (χ2n) is 4.50. The van der Waals surface area contributed by atoms with Crippen molar-refractivity contribution in [3.05, 3.63) is 81.5 Å². The Hall–Kier alpha value is -2.88. The molecule has 4 heteroatoms. The van der Waals surface area contributed by atoms with E-state index in [1.165, 1.54) is 6.07 Å². The van der Waals surface area contributed by atoms with Crippen LogP contribution in [0.1, 0.15) is 11.1 Å². The van der Waals surface area contributed by atoms with Gasteiger partial charge in [-0.3, -0.25) is 10.1 Å². The lowest BCUT2D eigenvalue weighted by atomic mass is 10.1. The van der Waals surface area contributed by atoms with E-state index in [4.69, 9.17) is 0 Å². The van der Waals surface area contributed by atoms with Crippen molar-refractivity contribution in [2.45, 2.75) is 0 Å². The van der Waals surface area contributed by atoms with Crippen molar-refractivity contribution in [2.75, 3.05) is 5.32 Å². The highest BCUT2D eigenvalue weighted by Crippen LogP contribution is 2.28. The summed E-state index contributed by atoms with van der Waals surface area (Å²) in [5.74, 6) is 0. The van der Waals surface area contributed by atoms with Crippen molar-refractivity contribution in [1.82, 2.24) is 0 Å². The maximum absolute atomic E-state index is 10.7. The maximum Gasteiger partial charge on any atom is 0.270 e. The highest BCUT2D eigenvalue weighted by molar-refractivity contribution is 5.79. The minimum Gasteiger partial charge on any atom is -0.355 e. The summed E-state index contributed by atoms with van der Waals surface area (Å²) >= 11 is 0. The van der Waals surface area contributed by atoms with Crippen LogP contribution in [0.15, 0.2) is 60.3 Å². The van der Waals surface area contributed by atoms with Gasteiger partial charge in [-0.1, -0.05) is 36.4 Å². The number of allylic oxidation sites excluding steroid dienone is 1. The number of hydrogen-bond acceptors (Lipinski definition) is 3. The molecular formula is C16H12N2O2. The molecule has 0 aromatic heterocycles. The number of rotatable bonds is 2. The highest BCUT2D eigenvalue weighted by Gasteiger charge is 2.12. The number of nitrogens with zero attached hydrogens (tertiary/aromatic N) is 1. The zero-order valence-electron chi connectivity index (χ0n) is 10.6. The van der Waals surface area contributed by atoms with Crippen LogP contribution in [0.2, 0.25) is 0 Å². The molecule has 0 saturated heterocycles. The summed E-state index contributed by atoms with van der Waals surface area (Å²) in [5.41, 5.74) is 3.86. The number of nitrogens with one attached hydrogen (secondary N) is 1. The van der Waals surface area contributed by atoms with Gasteiger partial charge in [0.15, 0.2) is 0 Å². The molecule has 2 aromatic rings. The molecule has 1 aliphatic heterocycles. The number of nitro groups is 1. The normalized spacial score (nSPS) is 14.7. The molecule has 0 atom stereocenters. The number of fused-ring (bicyclic) bond motifs is 1. The van der Waals surface area contributed by atoms with Crippen LogP contribution in [0.25, 0.3) is 12.2 Å². The van der Waals surface area contributed by atoms with Crippen LogP contribution in [-0.2, 0) is 0 Å². The third-order valence-corrected chi connectivity index (χ3v) is 3.09. The van der Waals surface area contributed by atoms with Gasteiger partial charge in [0, 0.05) is 29.1 Å². The van der Waals surface area contributed by atoms with Crippen molar-refractivity contribution in [3.8, 4) is 0 Å². The van der Waals surface area contributed by atoms with Gasteiger partial charge in [0.2, 0.25) is 0 Å². The van der Waals surface area contributed by atoms with Crippen molar-refractivity contribution in [1.29, 1.82) is 0 Å². The van der Waals surface area contributed by atoms with Gasteiger partial charge >= 0.3 is 0 Å². The summed E-state index contributed by atoms with van der Waals surface area (Å²) in [7, 11) is 0. The smallest absolute Gasteiger partial charge is 0.270 e. The Morgan fingerprint density at radius 3 is 2.60 bits per heavy atom. The van der Waals surface area contributed by atoms with Crippen LogP contribution in [0, 0.1) is 10.1 Å². The van der Waals surface area contributed by atoms with Crippen LogP contribution in [0.5, 0.6) is 0 Å². The molecule has 0 spiro atoms. The Kier molecular flexibility index (Phi) is 3.05. The molecule has 1 heterocycles. The highest BCUT2D eigenvalue weighted by atomic mass is 16.6. The predicted molar refractivity (Wildman–Crippen MR) is 80.2 cm³/mol. The second kappa shape index (κ2) is 5.01. The SMILES string of the molecule is O=[N+]([O-])c1ccc2c(c1)C=C/C(=C\c1ccccc1)N2. The second-order valence-corrected chi connectivity index (χ2v) is 4.50. The Labute approximate surface area is 116 Å². The molecule has 0 fully saturated rings. The van der Waals surface area contributed by atoms with Gasteiger partial charge in [-0.2, -0.15) is 0 Å². The van der Waals surface area contributed by atoms with Crippen LogP contribution >= 0.6 is 0 Å². The molecule has 3 rings (SSSR count). The summed E-state index contributed by atoms with van der Waals surface area (Å²) in [5, 5.41) is 14.0. The Balaban J connectivity index is 1.91. The Morgan fingerprint density at radius 2 is 1.85 bits per heavy atom. The molecule has 1 aliphatic rings. The van der Waals surface area contributed by atoms with E-state index in [0.29, 0.717) is 0 Å². The van der Waals surface area contributed by atoms with Gasteiger partial charge in [-0.25, -0.2) is 0 Å². The van der Waals surface area contributed by atoms with Crippen LogP contribution in [-0.4, -0.2) is 4.92 Å². The average Bonchev–Trinajstić information content (AvgIpc) is 2.47. The summed E-state index contributed by atoms with van der Waals surface area (Å²) in [4.78, 5) is 10.4. The van der Waals surface area contributed by atoms with Gasteiger partial charge in [-0.05, 0) is 23.8 Å². The molecule has 0 bridgehead atoms. The zero-order valence-corrected chi connectivity index (χ0v) is 10.6. The summed E-state index contributed by atoms with van der Waals surface area (Å²) in [6, 6.07) is 14.8. The summed E-state index contributed by atoms with van der Waals surface area (Å²) < 4.78 is 0. The van der Waals surface area contributed by atoms with Gasteiger partial charge in [0.25, 0.3) is 5.69 Å². The first kappa shape index (κ1) is 12.2. The lowest BCUT2D eigenvalue weighted by molar-refractivity contribution is -0.384. The fraction of sp³-hybridized carbons (Fsp3) is 0. The fourth-order valence-corrected chi connectivity index (χ4v) is 2.11. The van der Waals surface area contributed by atoms with E-state index in [1.54, 1.807) is 12.1 Å². The third kappa shape index (κ3) is 2.44. The lowest BCUT2D eigenvalue weighted by Crippen LogP contribution is -2.03. The van der Waals surface area contributed by atoms with Crippen LogP contribution < -0.4 is 5.32 Å².